The van der Waals surface area contributed by atoms with Gasteiger partial charge in [-0.3, -0.25) is 4.79 Å². The average molecular weight is 229 g/mol. The fourth-order valence-corrected chi connectivity index (χ4v) is 2.13. The molecule has 0 bridgehead atoms. The van der Waals surface area contributed by atoms with E-state index in [1.54, 1.807) is 0 Å². The molecule has 0 radical (unpaired) electrons. The first kappa shape index (κ1) is 10.9. The van der Waals surface area contributed by atoms with E-state index in [0.717, 1.165) is 18.4 Å². The Bertz CT molecular complexity index is 314. The molecule has 15 heavy (non-hydrogen) atoms. The van der Waals surface area contributed by atoms with Crippen LogP contribution in [-0.4, -0.2) is 30.7 Å². The fraction of sp³-hybridized carbons (Fsp3) is 0.545. The molecular formula is C11H13ClO3. The molecule has 2 rings (SSSR count). The third-order valence-electron chi connectivity index (χ3n) is 2.73. The summed E-state index contributed by atoms with van der Waals surface area (Å²) in [5.41, 5.74) is -0.116. The molecular weight excluding hydrogens is 216 g/mol. The van der Waals surface area contributed by atoms with Gasteiger partial charge in [0.05, 0.1) is 19.8 Å². The number of ether oxygens (including phenoxy) is 2. The molecule has 4 heteroatoms. The maximum Gasteiger partial charge on any atom is 0.260 e. The molecule has 0 saturated carbocycles. The zero-order valence-electron chi connectivity index (χ0n) is 8.37. The van der Waals surface area contributed by atoms with Gasteiger partial charge in [0.25, 0.3) is 5.24 Å². The molecule has 82 valence electrons. The predicted octanol–water partition coefficient (Wildman–Crippen LogP) is 1.81. The summed E-state index contributed by atoms with van der Waals surface area (Å²) in [7, 11) is 0. The van der Waals surface area contributed by atoms with Crippen molar-refractivity contribution < 1.29 is 14.3 Å². The summed E-state index contributed by atoms with van der Waals surface area (Å²) >= 11 is 5.64. The van der Waals surface area contributed by atoms with Gasteiger partial charge in [-0.05, 0) is 30.0 Å². The van der Waals surface area contributed by atoms with Gasteiger partial charge >= 0.3 is 0 Å². The molecule has 1 aliphatic carbocycles. The van der Waals surface area contributed by atoms with E-state index in [1.807, 2.05) is 12.2 Å². The standard InChI is InChI=1S/C11H13ClO3/c12-10(13)11(8-14-6-7-15-11)9-4-2-1-3-5-9/h1-2,4H,3,5-8H2. The molecule has 1 aliphatic heterocycles. The number of halogens is 1. The molecule has 0 N–H and O–H groups in total. The van der Waals surface area contributed by atoms with Gasteiger partial charge in [0.15, 0.2) is 5.60 Å². The van der Waals surface area contributed by atoms with E-state index in [-0.39, 0.29) is 6.61 Å². The highest BCUT2D eigenvalue weighted by atomic mass is 35.5. The smallest absolute Gasteiger partial charge is 0.260 e. The minimum Gasteiger partial charge on any atom is -0.375 e. The molecule has 1 saturated heterocycles. The lowest BCUT2D eigenvalue weighted by atomic mass is 9.88. The molecule has 0 aromatic heterocycles. The van der Waals surface area contributed by atoms with Crippen molar-refractivity contribution in [3.8, 4) is 0 Å². The van der Waals surface area contributed by atoms with Crippen LogP contribution in [0, 0.1) is 0 Å². The van der Waals surface area contributed by atoms with Crippen LogP contribution in [0.4, 0.5) is 0 Å². The zero-order chi connectivity index (χ0) is 10.7. The molecule has 1 fully saturated rings. The summed E-state index contributed by atoms with van der Waals surface area (Å²) in [6, 6.07) is 0. The third-order valence-corrected chi connectivity index (χ3v) is 3.04. The lowest BCUT2D eigenvalue weighted by Crippen LogP contribution is -2.49. The molecule has 0 amide bonds. The Labute approximate surface area is 93.7 Å². The third kappa shape index (κ3) is 2.00. The van der Waals surface area contributed by atoms with Crippen LogP contribution >= 0.6 is 11.6 Å². The molecule has 1 atom stereocenters. The molecule has 0 aromatic carbocycles. The van der Waals surface area contributed by atoms with Crippen LogP contribution in [0.25, 0.3) is 0 Å². The van der Waals surface area contributed by atoms with Crippen LogP contribution in [0.1, 0.15) is 12.8 Å². The van der Waals surface area contributed by atoms with Crippen LogP contribution < -0.4 is 0 Å². The Morgan fingerprint density at radius 1 is 1.47 bits per heavy atom. The van der Waals surface area contributed by atoms with E-state index >= 15 is 0 Å². The Morgan fingerprint density at radius 2 is 2.33 bits per heavy atom. The average Bonchev–Trinajstić information content (AvgIpc) is 2.31. The molecule has 0 spiro atoms. The minimum absolute atomic E-state index is 0.231. The van der Waals surface area contributed by atoms with E-state index in [9.17, 15) is 4.79 Å². The first-order chi connectivity index (χ1) is 7.26. The predicted molar refractivity (Wildman–Crippen MR) is 56.8 cm³/mol. The molecule has 3 nitrogen and oxygen atoms in total. The van der Waals surface area contributed by atoms with Gasteiger partial charge in [-0.15, -0.1) is 0 Å². The van der Waals surface area contributed by atoms with Crippen molar-refractivity contribution >= 4 is 16.8 Å². The van der Waals surface area contributed by atoms with E-state index < -0.39 is 10.8 Å². The van der Waals surface area contributed by atoms with E-state index in [0.29, 0.717) is 13.2 Å². The highest BCUT2D eigenvalue weighted by Gasteiger charge is 2.44. The summed E-state index contributed by atoms with van der Waals surface area (Å²) in [5.74, 6) is 0. The maximum absolute atomic E-state index is 11.5. The van der Waals surface area contributed by atoms with Crippen molar-refractivity contribution in [1.82, 2.24) is 0 Å². The van der Waals surface area contributed by atoms with Crippen LogP contribution in [0.5, 0.6) is 0 Å². The Balaban J connectivity index is 2.28. The van der Waals surface area contributed by atoms with Gasteiger partial charge in [0.1, 0.15) is 0 Å². The van der Waals surface area contributed by atoms with Crippen LogP contribution in [-0.2, 0) is 14.3 Å². The summed E-state index contributed by atoms with van der Waals surface area (Å²) in [4.78, 5) is 11.5. The van der Waals surface area contributed by atoms with Gasteiger partial charge in [-0.25, -0.2) is 0 Å². The normalized spacial score (nSPS) is 31.1. The fourth-order valence-electron chi connectivity index (χ4n) is 1.90. The van der Waals surface area contributed by atoms with Gasteiger partial charge in [0.2, 0.25) is 0 Å². The first-order valence-corrected chi connectivity index (χ1v) is 5.41. The summed E-state index contributed by atoms with van der Waals surface area (Å²) in [5, 5.41) is -0.483. The first-order valence-electron chi connectivity index (χ1n) is 5.03. The number of hydrogen-bond acceptors (Lipinski definition) is 3. The molecule has 0 aromatic rings. The van der Waals surface area contributed by atoms with Crippen molar-refractivity contribution in [3.63, 3.8) is 0 Å². The van der Waals surface area contributed by atoms with Gasteiger partial charge in [0, 0.05) is 0 Å². The monoisotopic (exact) mass is 228 g/mol. The second kappa shape index (κ2) is 4.47. The van der Waals surface area contributed by atoms with Crippen molar-refractivity contribution in [2.24, 2.45) is 0 Å². The SMILES string of the molecule is O=C(Cl)C1(C2=CC=CCC2)COCCO1. The van der Waals surface area contributed by atoms with Crippen LogP contribution in [0.3, 0.4) is 0 Å². The summed E-state index contributed by atoms with van der Waals surface area (Å²) in [6.45, 7) is 1.17. The maximum atomic E-state index is 11.5. The van der Waals surface area contributed by atoms with Crippen LogP contribution in [0.15, 0.2) is 23.8 Å². The second-order valence-electron chi connectivity index (χ2n) is 3.66. The molecule has 1 heterocycles. The Morgan fingerprint density at radius 3 is 2.87 bits per heavy atom. The van der Waals surface area contributed by atoms with Gasteiger partial charge < -0.3 is 9.47 Å². The lowest BCUT2D eigenvalue weighted by molar-refractivity contribution is -0.158. The Hall–Kier alpha value is -0.640. The van der Waals surface area contributed by atoms with Gasteiger partial charge in [-0.1, -0.05) is 18.2 Å². The summed E-state index contributed by atoms with van der Waals surface area (Å²) in [6.07, 6.45) is 7.61. The van der Waals surface area contributed by atoms with Crippen LogP contribution in [0.2, 0.25) is 0 Å². The highest BCUT2D eigenvalue weighted by Crippen LogP contribution is 2.32. The Kier molecular flexibility index (Phi) is 3.24. The minimum atomic E-state index is -1.04. The van der Waals surface area contributed by atoms with Gasteiger partial charge in [-0.2, -0.15) is 0 Å². The molecule has 1 unspecified atom stereocenters. The van der Waals surface area contributed by atoms with E-state index in [4.69, 9.17) is 21.1 Å². The van der Waals surface area contributed by atoms with E-state index in [2.05, 4.69) is 6.08 Å². The number of carbonyl (C=O) groups is 1. The quantitative estimate of drug-likeness (QED) is 0.677. The van der Waals surface area contributed by atoms with E-state index in [1.165, 1.54) is 0 Å². The van der Waals surface area contributed by atoms with Crippen molar-refractivity contribution in [1.29, 1.82) is 0 Å². The number of hydrogen-bond donors (Lipinski definition) is 0. The van der Waals surface area contributed by atoms with Crippen molar-refractivity contribution in [2.45, 2.75) is 18.4 Å². The van der Waals surface area contributed by atoms with Crippen molar-refractivity contribution in [3.05, 3.63) is 23.8 Å². The number of allylic oxidation sites excluding steroid dienone is 3. The topological polar surface area (TPSA) is 35.5 Å². The number of rotatable bonds is 2. The number of carbonyl (C=O) groups excluding carboxylic acids is 1. The summed E-state index contributed by atoms with van der Waals surface area (Å²) < 4.78 is 10.9. The highest BCUT2D eigenvalue weighted by molar-refractivity contribution is 6.66. The van der Waals surface area contributed by atoms with Crippen molar-refractivity contribution in [2.75, 3.05) is 19.8 Å². The molecule has 2 aliphatic rings. The largest absolute Gasteiger partial charge is 0.375 e. The zero-order valence-corrected chi connectivity index (χ0v) is 9.13. The lowest BCUT2D eigenvalue weighted by Gasteiger charge is -2.36. The second-order valence-corrected chi connectivity index (χ2v) is 4.00.